The number of H-pyrrole nitrogens is 1. The monoisotopic (exact) mass is 186 g/mol. The van der Waals surface area contributed by atoms with Crippen LogP contribution >= 0.6 is 0 Å². The predicted molar refractivity (Wildman–Crippen MR) is 58.2 cm³/mol. The molecule has 0 aliphatic heterocycles. The molecule has 0 amide bonds. The highest BCUT2D eigenvalue weighted by atomic mass is 15.1. The number of aryl methyl sites for hydroxylation is 2. The fraction of sp³-hybridized carbons (Fsp3) is 0.250. The Balaban J connectivity index is 2.40. The maximum absolute atomic E-state index is 4.21. The van der Waals surface area contributed by atoms with Gasteiger partial charge < -0.3 is 0 Å². The van der Waals surface area contributed by atoms with Gasteiger partial charge in [-0.1, -0.05) is 36.5 Å². The minimum Gasteiger partial charge on any atom is -0.282 e. The van der Waals surface area contributed by atoms with Crippen LogP contribution in [-0.4, -0.2) is 10.2 Å². The largest absolute Gasteiger partial charge is 0.282 e. The SMILES string of the molecule is Cc1n[nH]c(C)c1C1C=CC=CC=C1. The quantitative estimate of drug-likeness (QED) is 0.717. The smallest absolute Gasteiger partial charge is 0.0635 e. The fourth-order valence-electron chi connectivity index (χ4n) is 1.80. The number of aromatic nitrogens is 2. The van der Waals surface area contributed by atoms with Crippen LogP contribution < -0.4 is 0 Å². The minimum atomic E-state index is 0.351. The zero-order valence-corrected chi connectivity index (χ0v) is 8.49. The van der Waals surface area contributed by atoms with Gasteiger partial charge in [-0.15, -0.1) is 0 Å². The zero-order chi connectivity index (χ0) is 9.97. The van der Waals surface area contributed by atoms with Crippen LogP contribution in [-0.2, 0) is 0 Å². The van der Waals surface area contributed by atoms with Gasteiger partial charge in [0.05, 0.1) is 5.69 Å². The average molecular weight is 186 g/mol. The van der Waals surface area contributed by atoms with Crippen LogP contribution in [0.5, 0.6) is 0 Å². The van der Waals surface area contributed by atoms with Crippen molar-refractivity contribution in [3.63, 3.8) is 0 Å². The van der Waals surface area contributed by atoms with Gasteiger partial charge in [-0.25, -0.2) is 0 Å². The second-order valence-corrected chi connectivity index (χ2v) is 3.53. The Morgan fingerprint density at radius 3 is 2.21 bits per heavy atom. The molecule has 2 rings (SSSR count). The summed E-state index contributed by atoms with van der Waals surface area (Å²) in [4.78, 5) is 0. The number of allylic oxidation sites excluding steroid dienone is 6. The Hall–Kier alpha value is -1.57. The average Bonchev–Trinajstić information content (AvgIpc) is 2.45. The van der Waals surface area contributed by atoms with Crippen molar-refractivity contribution in [1.82, 2.24) is 10.2 Å². The molecule has 0 unspecified atom stereocenters. The van der Waals surface area contributed by atoms with Crippen LogP contribution in [0.4, 0.5) is 0 Å². The number of hydrogen-bond donors (Lipinski definition) is 1. The van der Waals surface area contributed by atoms with Gasteiger partial charge in [0.2, 0.25) is 0 Å². The van der Waals surface area contributed by atoms with Gasteiger partial charge in [-0.3, -0.25) is 5.10 Å². The van der Waals surface area contributed by atoms with E-state index in [4.69, 9.17) is 0 Å². The molecular formula is C12H14N2. The first-order chi connectivity index (χ1) is 6.79. The first-order valence-electron chi connectivity index (χ1n) is 4.82. The van der Waals surface area contributed by atoms with E-state index in [1.807, 2.05) is 19.1 Å². The summed E-state index contributed by atoms with van der Waals surface area (Å²) >= 11 is 0. The molecule has 2 heteroatoms. The van der Waals surface area contributed by atoms with E-state index in [9.17, 15) is 0 Å². The molecule has 0 aromatic carbocycles. The Kier molecular flexibility index (Phi) is 2.35. The predicted octanol–water partition coefficient (Wildman–Crippen LogP) is 2.79. The van der Waals surface area contributed by atoms with Crippen LogP contribution in [0.3, 0.4) is 0 Å². The van der Waals surface area contributed by atoms with Gasteiger partial charge in [0.25, 0.3) is 0 Å². The molecule has 0 radical (unpaired) electrons. The van der Waals surface area contributed by atoms with E-state index in [0.29, 0.717) is 5.92 Å². The fourth-order valence-corrected chi connectivity index (χ4v) is 1.80. The molecule has 72 valence electrons. The molecule has 0 saturated carbocycles. The highest BCUT2D eigenvalue weighted by molar-refractivity contribution is 5.37. The molecule has 0 bridgehead atoms. The van der Waals surface area contributed by atoms with Crippen molar-refractivity contribution in [3.05, 3.63) is 53.4 Å². The van der Waals surface area contributed by atoms with E-state index in [-0.39, 0.29) is 0 Å². The zero-order valence-electron chi connectivity index (χ0n) is 8.49. The number of rotatable bonds is 1. The lowest BCUT2D eigenvalue weighted by atomic mass is 9.97. The highest BCUT2D eigenvalue weighted by Gasteiger charge is 2.13. The second kappa shape index (κ2) is 3.66. The summed E-state index contributed by atoms with van der Waals surface area (Å²) < 4.78 is 0. The summed E-state index contributed by atoms with van der Waals surface area (Å²) in [6, 6.07) is 0. The standard InChI is InChI=1S/C12H14N2/c1-9-12(10(2)14-13-9)11-7-5-3-4-6-8-11/h3-8,11H,1-2H3,(H,13,14). The first-order valence-corrected chi connectivity index (χ1v) is 4.82. The van der Waals surface area contributed by atoms with E-state index in [1.165, 1.54) is 5.56 Å². The topological polar surface area (TPSA) is 28.7 Å². The van der Waals surface area contributed by atoms with Crippen molar-refractivity contribution < 1.29 is 0 Å². The lowest BCUT2D eigenvalue weighted by Gasteiger charge is -2.07. The molecule has 1 aliphatic carbocycles. The van der Waals surface area contributed by atoms with Crippen LogP contribution in [0.2, 0.25) is 0 Å². The number of nitrogens with zero attached hydrogens (tertiary/aromatic N) is 1. The Labute approximate surface area is 84.0 Å². The van der Waals surface area contributed by atoms with Gasteiger partial charge in [0.1, 0.15) is 0 Å². The third-order valence-corrected chi connectivity index (χ3v) is 2.49. The van der Waals surface area contributed by atoms with Crippen molar-refractivity contribution in [3.8, 4) is 0 Å². The van der Waals surface area contributed by atoms with Crippen molar-refractivity contribution in [2.24, 2.45) is 0 Å². The van der Waals surface area contributed by atoms with Gasteiger partial charge in [-0.2, -0.15) is 5.10 Å². The number of hydrogen-bond acceptors (Lipinski definition) is 1. The lowest BCUT2D eigenvalue weighted by Crippen LogP contribution is -1.94. The molecule has 1 heterocycles. The molecule has 1 aliphatic rings. The summed E-state index contributed by atoms with van der Waals surface area (Å²) in [5.74, 6) is 0.351. The Bertz CT molecular complexity index is 372. The maximum atomic E-state index is 4.21. The summed E-state index contributed by atoms with van der Waals surface area (Å²) in [5.41, 5.74) is 3.54. The molecule has 2 nitrogen and oxygen atoms in total. The van der Waals surface area contributed by atoms with Gasteiger partial charge >= 0.3 is 0 Å². The minimum absolute atomic E-state index is 0.351. The van der Waals surface area contributed by atoms with Gasteiger partial charge in [-0.05, 0) is 13.8 Å². The van der Waals surface area contributed by atoms with Gasteiger partial charge in [0, 0.05) is 17.2 Å². The normalized spacial score (nSPS) is 16.1. The van der Waals surface area contributed by atoms with Crippen molar-refractivity contribution >= 4 is 0 Å². The molecule has 1 N–H and O–H groups in total. The molecule has 14 heavy (non-hydrogen) atoms. The van der Waals surface area contributed by atoms with E-state index < -0.39 is 0 Å². The third kappa shape index (κ3) is 1.55. The second-order valence-electron chi connectivity index (χ2n) is 3.53. The highest BCUT2D eigenvalue weighted by Crippen LogP contribution is 2.25. The maximum Gasteiger partial charge on any atom is 0.0635 e. The summed E-state index contributed by atoms with van der Waals surface area (Å²) in [6.45, 7) is 4.11. The lowest BCUT2D eigenvalue weighted by molar-refractivity contribution is 1.02. The molecule has 0 fully saturated rings. The van der Waals surface area contributed by atoms with E-state index in [1.54, 1.807) is 0 Å². The van der Waals surface area contributed by atoms with Crippen molar-refractivity contribution in [1.29, 1.82) is 0 Å². The summed E-state index contributed by atoms with van der Waals surface area (Å²) in [5, 5.41) is 7.23. The Morgan fingerprint density at radius 1 is 1.07 bits per heavy atom. The van der Waals surface area contributed by atoms with E-state index in [0.717, 1.165) is 11.4 Å². The molecule has 0 spiro atoms. The van der Waals surface area contributed by atoms with Crippen LogP contribution in [0.15, 0.2) is 36.5 Å². The molecular weight excluding hydrogens is 172 g/mol. The molecule has 1 aromatic rings. The molecule has 1 aromatic heterocycles. The number of aromatic amines is 1. The van der Waals surface area contributed by atoms with Crippen LogP contribution in [0, 0.1) is 13.8 Å². The first kappa shape index (κ1) is 9.00. The van der Waals surface area contributed by atoms with Crippen molar-refractivity contribution in [2.45, 2.75) is 19.8 Å². The molecule has 0 saturated heterocycles. The van der Waals surface area contributed by atoms with E-state index >= 15 is 0 Å². The third-order valence-electron chi connectivity index (χ3n) is 2.49. The Morgan fingerprint density at radius 2 is 1.71 bits per heavy atom. The van der Waals surface area contributed by atoms with Crippen molar-refractivity contribution in [2.75, 3.05) is 0 Å². The summed E-state index contributed by atoms with van der Waals surface area (Å²) in [6.07, 6.45) is 12.6. The van der Waals surface area contributed by atoms with Crippen LogP contribution in [0.1, 0.15) is 22.9 Å². The summed E-state index contributed by atoms with van der Waals surface area (Å²) in [7, 11) is 0. The molecule has 0 atom stereocenters. The van der Waals surface area contributed by atoms with Crippen LogP contribution in [0.25, 0.3) is 0 Å². The van der Waals surface area contributed by atoms with Gasteiger partial charge in [0.15, 0.2) is 0 Å². The number of nitrogens with one attached hydrogen (secondary N) is 1. The van der Waals surface area contributed by atoms with E-state index in [2.05, 4.69) is 41.4 Å².